The minimum absolute atomic E-state index is 0.0100. The topological polar surface area (TPSA) is 84.9 Å². The van der Waals surface area contributed by atoms with Gasteiger partial charge in [0.1, 0.15) is 11.6 Å². The van der Waals surface area contributed by atoms with Crippen LogP contribution in [0.1, 0.15) is 73.6 Å². The van der Waals surface area contributed by atoms with E-state index in [4.69, 9.17) is 9.47 Å². The quantitative estimate of drug-likeness (QED) is 0.306. The zero-order valence-electron chi connectivity index (χ0n) is 24.9. The highest BCUT2D eigenvalue weighted by Crippen LogP contribution is 2.39. The number of amides is 2. The maximum atomic E-state index is 14.9. The summed E-state index contributed by atoms with van der Waals surface area (Å²) in [6.45, 7) is 10.2. The Bertz CT molecular complexity index is 1410. The molecule has 1 aliphatic heterocycles. The van der Waals surface area contributed by atoms with Crippen LogP contribution in [-0.4, -0.2) is 42.4 Å². The molecule has 3 aromatic rings. The average Bonchev–Trinajstić information content (AvgIpc) is 2.95. The molecule has 0 saturated carbocycles. The molecule has 1 saturated heterocycles. The van der Waals surface area contributed by atoms with E-state index in [1.807, 2.05) is 24.3 Å². The lowest BCUT2D eigenvalue weighted by molar-refractivity contribution is -0.145. The van der Waals surface area contributed by atoms with Crippen molar-refractivity contribution in [1.82, 2.24) is 4.90 Å². The largest absolute Gasteiger partial charge is 0.482 e. The van der Waals surface area contributed by atoms with Gasteiger partial charge in [-0.25, -0.2) is 9.18 Å². The summed E-state index contributed by atoms with van der Waals surface area (Å²) in [5.41, 5.74) is 2.94. The van der Waals surface area contributed by atoms with E-state index in [9.17, 15) is 18.8 Å². The molecule has 8 heteroatoms. The Kier molecular flexibility index (Phi) is 9.66. The zero-order chi connectivity index (χ0) is 30.4. The highest BCUT2D eigenvalue weighted by atomic mass is 19.1. The Morgan fingerprint density at radius 3 is 2.40 bits per heavy atom. The molecule has 1 heterocycles. The zero-order valence-corrected chi connectivity index (χ0v) is 24.9. The van der Waals surface area contributed by atoms with Crippen LogP contribution < -0.4 is 10.1 Å². The highest BCUT2D eigenvalue weighted by Gasteiger charge is 2.40. The van der Waals surface area contributed by atoms with Crippen molar-refractivity contribution in [3.05, 3.63) is 94.8 Å². The number of rotatable bonds is 8. The van der Waals surface area contributed by atoms with Gasteiger partial charge in [-0.15, -0.1) is 0 Å². The number of halogens is 1. The Morgan fingerprint density at radius 1 is 1.02 bits per heavy atom. The van der Waals surface area contributed by atoms with E-state index in [0.29, 0.717) is 42.0 Å². The number of carbonyl (C=O) groups is 3. The highest BCUT2D eigenvalue weighted by molar-refractivity contribution is 5.98. The molecular formula is C34H39FN2O5. The standard InChI is InChI=1S/C34H39FN2O5/c1-6-41-29(38)21-42-26-17-15-23(16-18-26)31-27(32(39)36-25-12-8-11-24(20-25)34(3,4)5)13-9-19-37(31)33(40)30-22(2)10-7-14-28(30)35/h7-8,10-12,14-18,20,27,31H,6,9,13,19,21H2,1-5H3,(H,36,39). The second-order valence-electron chi connectivity index (χ2n) is 11.6. The molecule has 1 N–H and O–H groups in total. The van der Waals surface area contributed by atoms with E-state index >= 15 is 0 Å². The number of aryl methyl sites for hydroxylation is 1. The van der Waals surface area contributed by atoms with Gasteiger partial charge < -0.3 is 19.7 Å². The summed E-state index contributed by atoms with van der Waals surface area (Å²) in [6.07, 6.45) is 1.15. The molecule has 2 atom stereocenters. The molecule has 42 heavy (non-hydrogen) atoms. The van der Waals surface area contributed by atoms with Gasteiger partial charge in [-0.3, -0.25) is 9.59 Å². The number of likely N-dealkylation sites (tertiary alicyclic amines) is 1. The molecular weight excluding hydrogens is 535 g/mol. The summed E-state index contributed by atoms with van der Waals surface area (Å²) in [6, 6.07) is 18.6. The van der Waals surface area contributed by atoms with Gasteiger partial charge in [0.2, 0.25) is 5.91 Å². The van der Waals surface area contributed by atoms with E-state index in [-0.39, 0.29) is 30.1 Å². The maximum absolute atomic E-state index is 14.9. The van der Waals surface area contributed by atoms with E-state index in [1.165, 1.54) is 6.07 Å². The van der Waals surface area contributed by atoms with Gasteiger partial charge in [0.05, 0.1) is 24.1 Å². The first-order chi connectivity index (χ1) is 20.0. The second kappa shape index (κ2) is 13.2. The van der Waals surface area contributed by atoms with Crippen LogP contribution in [0.15, 0.2) is 66.7 Å². The van der Waals surface area contributed by atoms with Gasteiger partial charge in [0.15, 0.2) is 6.61 Å². The Balaban J connectivity index is 1.67. The Hall–Kier alpha value is -4.20. The summed E-state index contributed by atoms with van der Waals surface area (Å²) in [5.74, 6) is -1.86. The molecule has 222 valence electrons. The molecule has 1 aliphatic rings. The second-order valence-corrected chi connectivity index (χ2v) is 11.6. The number of carbonyl (C=O) groups excluding carboxylic acids is 3. The number of nitrogens with zero attached hydrogens (tertiary/aromatic N) is 1. The Labute approximate surface area is 247 Å². The van der Waals surface area contributed by atoms with Crippen molar-refractivity contribution in [2.24, 2.45) is 5.92 Å². The van der Waals surface area contributed by atoms with Crippen LogP contribution in [-0.2, 0) is 19.7 Å². The van der Waals surface area contributed by atoms with E-state index in [1.54, 1.807) is 55.1 Å². The number of ether oxygens (including phenoxy) is 2. The molecule has 2 amide bonds. The molecule has 7 nitrogen and oxygen atoms in total. The molecule has 0 spiro atoms. The fraction of sp³-hybridized carbons (Fsp3) is 0.382. The summed E-state index contributed by atoms with van der Waals surface area (Å²) in [5, 5.41) is 3.07. The van der Waals surface area contributed by atoms with Gasteiger partial charge in [-0.05, 0) is 79.1 Å². The van der Waals surface area contributed by atoms with Crippen molar-refractivity contribution in [3.8, 4) is 5.75 Å². The SMILES string of the molecule is CCOC(=O)COc1ccc(C2C(C(=O)Nc3cccc(C(C)(C)C)c3)CCCN2C(=O)c2c(C)cccc2F)cc1. The number of nitrogens with one attached hydrogen (secondary N) is 1. The lowest BCUT2D eigenvalue weighted by Crippen LogP contribution is -2.46. The number of hydrogen-bond donors (Lipinski definition) is 1. The lowest BCUT2D eigenvalue weighted by atomic mass is 9.83. The van der Waals surface area contributed by atoms with Crippen molar-refractivity contribution in [2.45, 2.75) is 58.9 Å². The van der Waals surface area contributed by atoms with E-state index < -0.39 is 29.7 Å². The molecule has 0 radical (unpaired) electrons. The van der Waals surface area contributed by atoms with E-state index in [0.717, 1.165) is 5.56 Å². The number of esters is 1. The smallest absolute Gasteiger partial charge is 0.344 e. The van der Waals surface area contributed by atoms with Crippen LogP contribution in [0.3, 0.4) is 0 Å². The van der Waals surface area contributed by atoms with Crippen molar-refractivity contribution in [3.63, 3.8) is 0 Å². The predicted molar refractivity (Wildman–Crippen MR) is 160 cm³/mol. The van der Waals surface area contributed by atoms with Crippen LogP contribution in [0.5, 0.6) is 5.75 Å². The maximum Gasteiger partial charge on any atom is 0.344 e. The fourth-order valence-corrected chi connectivity index (χ4v) is 5.36. The predicted octanol–water partition coefficient (Wildman–Crippen LogP) is 6.61. The van der Waals surface area contributed by atoms with Crippen LogP contribution in [0.2, 0.25) is 0 Å². The van der Waals surface area contributed by atoms with Crippen molar-refractivity contribution in [1.29, 1.82) is 0 Å². The van der Waals surface area contributed by atoms with E-state index in [2.05, 4.69) is 26.1 Å². The van der Waals surface area contributed by atoms with Crippen LogP contribution in [0.4, 0.5) is 10.1 Å². The fourth-order valence-electron chi connectivity index (χ4n) is 5.36. The average molecular weight is 575 g/mol. The van der Waals surface area contributed by atoms with Crippen molar-refractivity contribution in [2.75, 3.05) is 25.1 Å². The minimum atomic E-state index is -0.643. The first kappa shape index (κ1) is 30.8. The van der Waals surface area contributed by atoms with Gasteiger partial charge in [-0.1, -0.05) is 57.2 Å². The molecule has 4 rings (SSSR count). The molecule has 2 unspecified atom stereocenters. The number of piperidine rings is 1. The third-order valence-corrected chi connectivity index (χ3v) is 7.54. The van der Waals surface area contributed by atoms with Gasteiger partial charge in [0.25, 0.3) is 5.91 Å². The van der Waals surface area contributed by atoms with Gasteiger partial charge >= 0.3 is 5.97 Å². The first-order valence-electron chi connectivity index (χ1n) is 14.4. The summed E-state index contributed by atoms with van der Waals surface area (Å²) < 4.78 is 25.4. The molecule has 0 aliphatic carbocycles. The van der Waals surface area contributed by atoms with Gasteiger partial charge in [-0.2, -0.15) is 0 Å². The first-order valence-corrected chi connectivity index (χ1v) is 14.4. The van der Waals surface area contributed by atoms with Crippen molar-refractivity contribution < 1.29 is 28.2 Å². The number of anilines is 1. The minimum Gasteiger partial charge on any atom is -0.482 e. The Morgan fingerprint density at radius 2 is 1.74 bits per heavy atom. The number of benzene rings is 3. The van der Waals surface area contributed by atoms with Gasteiger partial charge in [0, 0.05) is 12.2 Å². The molecule has 0 bridgehead atoms. The summed E-state index contributed by atoms with van der Waals surface area (Å²) >= 11 is 0. The molecule has 3 aromatic carbocycles. The van der Waals surface area contributed by atoms with Crippen LogP contribution >= 0.6 is 0 Å². The van der Waals surface area contributed by atoms with Crippen LogP contribution in [0.25, 0.3) is 0 Å². The lowest BCUT2D eigenvalue weighted by Gasteiger charge is -2.41. The third kappa shape index (κ3) is 7.16. The number of hydrogen-bond acceptors (Lipinski definition) is 5. The summed E-state index contributed by atoms with van der Waals surface area (Å²) in [7, 11) is 0. The van der Waals surface area contributed by atoms with Crippen molar-refractivity contribution >= 4 is 23.5 Å². The normalized spacial score (nSPS) is 17.0. The summed E-state index contributed by atoms with van der Waals surface area (Å²) in [4.78, 5) is 41.1. The van der Waals surface area contributed by atoms with Crippen LogP contribution in [0, 0.1) is 18.7 Å². The third-order valence-electron chi connectivity index (χ3n) is 7.54. The monoisotopic (exact) mass is 574 g/mol. The molecule has 1 fully saturated rings. The molecule has 0 aromatic heterocycles.